The van der Waals surface area contributed by atoms with E-state index in [1.165, 1.54) is 5.56 Å². The number of amidine groups is 1. The molecule has 0 saturated heterocycles. The summed E-state index contributed by atoms with van der Waals surface area (Å²) >= 11 is 0. The van der Waals surface area contributed by atoms with Gasteiger partial charge in [-0.3, -0.25) is 4.99 Å². The standard InChI is InChI=1S/C15H16N3/c1-2-4-13(5-3-1)12-18-10-6-14(7-11-18)15-16-8-9-17-15/h1-7,10-11H,8-9,12H2,(H,16,17)/q+1. The molecule has 90 valence electrons. The van der Waals surface area contributed by atoms with Gasteiger partial charge in [0, 0.05) is 29.8 Å². The van der Waals surface area contributed by atoms with Gasteiger partial charge in [0.05, 0.1) is 6.54 Å². The van der Waals surface area contributed by atoms with Crippen molar-refractivity contribution in [3.63, 3.8) is 0 Å². The van der Waals surface area contributed by atoms with Gasteiger partial charge in [-0.2, -0.15) is 0 Å². The molecule has 0 bridgehead atoms. The molecule has 2 aromatic rings. The van der Waals surface area contributed by atoms with Gasteiger partial charge in [-0.05, 0) is 0 Å². The SMILES string of the molecule is c1ccc(C[n+]2ccc(C3=NCCN3)cc2)cc1. The number of nitrogens with zero attached hydrogens (tertiary/aromatic N) is 2. The number of benzene rings is 1. The summed E-state index contributed by atoms with van der Waals surface area (Å²) in [5.74, 6) is 1.02. The number of nitrogens with one attached hydrogen (secondary N) is 1. The minimum atomic E-state index is 0.883. The van der Waals surface area contributed by atoms with Crippen LogP contribution in [0.1, 0.15) is 11.1 Å². The van der Waals surface area contributed by atoms with Crippen molar-refractivity contribution in [2.24, 2.45) is 4.99 Å². The van der Waals surface area contributed by atoms with E-state index in [-0.39, 0.29) is 0 Å². The smallest absolute Gasteiger partial charge is 0.173 e. The Balaban J connectivity index is 1.75. The van der Waals surface area contributed by atoms with Gasteiger partial charge in [0.2, 0.25) is 0 Å². The second kappa shape index (κ2) is 5.00. The Morgan fingerprint density at radius 3 is 2.50 bits per heavy atom. The Labute approximate surface area is 107 Å². The number of hydrogen-bond donors (Lipinski definition) is 1. The second-order valence-corrected chi connectivity index (χ2v) is 4.40. The lowest BCUT2D eigenvalue weighted by Gasteiger charge is -2.01. The molecule has 1 aromatic carbocycles. The third kappa shape index (κ3) is 2.40. The van der Waals surface area contributed by atoms with Crippen LogP contribution in [0.5, 0.6) is 0 Å². The summed E-state index contributed by atoms with van der Waals surface area (Å²) in [6.45, 7) is 2.74. The minimum Gasteiger partial charge on any atom is -0.368 e. The lowest BCUT2D eigenvalue weighted by molar-refractivity contribution is -0.688. The molecule has 0 unspecified atom stereocenters. The van der Waals surface area contributed by atoms with Crippen molar-refractivity contribution in [2.45, 2.75) is 6.54 Å². The highest BCUT2D eigenvalue weighted by atomic mass is 15.1. The van der Waals surface area contributed by atoms with Crippen LogP contribution < -0.4 is 9.88 Å². The maximum atomic E-state index is 4.42. The highest BCUT2D eigenvalue weighted by Gasteiger charge is 2.09. The molecule has 1 aliphatic rings. The molecule has 0 radical (unpaired) electrons. The van der Waals surface area contributed by atoms with Crippen molar-refractivity contribution in [1.29, 1.82) is 0 Å². The molecule has 0 aliphatic carbocycles. The molecule has 3 heteroatoms. The molecule has 0 fully saturated rings. The number of aliphatic imine (C=N–C) groups is 1. The largest absolute Gasteiger partial charge is 0.368 e. The summed E-state index contributed by atoms with van der Waals surface area (Å²) in [6.07, 6.45) is 4.20. The van der Waals surface area contributed by atoms with Crippen LogP contribution >= 0.6 is 0 Å². The molecule has 2 heterocycles. The van der Waals surface area contributed by atoms with Gasteiger partial charge in [0.1, 0.15) is 5.84 Å². The van der Waals surface area contributed by atoms with Crippen LogP contribution in [-0.2, 0) is 6.54 Å². The van der Waals surface area contributed by atoms with Gasteiger partial charge >= 0.3 is 0 Å². The number of hydrogen-bond acceptors (Lipinski definition) is 2. The maximum Gasteiger partial charge on any atom is 0.173 e. The van der Waals surface area contributed by atoms with Crippen LogP contribution in [0.25, 0.3) is 0 Å². The summed E-state index contributed by atoms with van der Waals surface area (Å²) < 4.78 is 2.17. The normalized spacial score (nSPS) is 14.1. The van der Waals surface area contributed by atoms with Crippen molar-refractivity contribution in [1.82, 2.24) is 5.32 Å². The van der Waals surface area contributed by atoms with Gasteiger partial charge in [0.15, 0.2) is 18.9 Å². The number of pyridine rings is 1. The van der Waals surface area contributed by atoms with Crippen molar-refractivity contribution in [3.05, 3.63) is 66.0 Å². The van der Waals surface area contributed by atoms with E-state index in [1.54, 1.807) is 0 Å². The fourth-order valence-corrected chi connectivity index (χ4v) is 2.11. The van der Waals surface area contributed by atoms with E-state index in [0.29, 0.717) is 0 Å². The Morgan fingerprint density at radius 1 is 1.06 bits per heavy atom. The lowest BCUT2D eigenvalue weighted by atomic mass is 10.2. The van der Waals surface area contributed by atoms with Gasteiger partial charge in [-0.1, -0.05) is 30.3 Å². The first kappa shape index (κ1) is 11.0. The van der Waals surface area contributed by atoms with Crippen LogP contribution in [0.4, 0.5) is 0 Å². The first-order valence-electron chi connectivity index (χ1n) is 6.23. The van der Waals surface area contributed by atoms with Crippen molar-refractivity contribution in [3.8, 4) is 0 Å². The van der Waals surface area contributed by atoms with E-state index < -0.39 is 0 Å². The average molecular weight is 238 g/mol. The van der Waals surface area contributed by atoms with Crippen molar-refractivity contribution < 1.29 is 4.57 Å². The molecule has 1 aromatic heterocycles. The van der Waals surface area contributed by atoms with E-state index >= 15 is 0 Å². The molecule has 3 rings (SSSR count). The summed E-state index contributed by atoms with van der Waals surface area (Å²) in [5.41, 5.74) is 2.48. The van der Waals surface area contributed by atoms with E-state index in [4.69, 9.17) is 0 Å². The highest BCUT2D eigenvalue weighted by Crippen LogP contribution is 2.01. The average Bonchev–Trinajstić information content (AvgIpc) is 2.95. The van der Waals surface area contributed by atoms with Crippen LogP contribution in [0, 0.1) is 0 Å². The van der Waals surface area contributed by atoms with E-state index in [2.05, 4.69) is 63.7 Å². The van der Waals surface area contributed by atoms with Crippen LogP contribution in [0.2, 0.25) is 0 Å². The molecule has 0 saturated carbocycles. The van der Waals surface area contributed by atoms with Crippen LogP contribution in [-0.4, -0.2) is 18.9 Å². The summed E-state index contributed by atoms with van der Waals surface area (Å²) in [5, 5.41) is 3.28. The van der Waals surface area contributed by atoms with Gasteiger partial charge in [-0.25, -0.2) is 4.57 Å². The fraction of sp³-hybridized carbons (Fsp3) is 0.200. The zero-order valence-electron chi connectivity index (χ0n) is 10.2. The van der Waals surface area contributed by atoms with Crippen LogP contribution in [0.3, 0.4) is 0 Å². The zero-order chi connectivity index (χ0) is 12.2. The molecular formula is C15H16N3+. The first-order valence-corrected chi connectivity index (χ1v) is 6.23. The Morgan fingerprint density at radius 2 is 1.83 bits per heavy atom. The van der Waals surface area contributed by atoms with E-state index in [0.717, 1.165) is 31.0 Å². The molecule has 1 N–H and O–H groups in total. The Kier molecular flexibility index (Phi) is 3.05. The zero-order valence-corrected chi connectivity index (χ0v) is 10.2. The predicted molar refractivity (Wildman–Crippen MR) is 71.6 cm³/mol. The summed E-state index contributed by atoms with van der Waals surface area (Å²) in [7, 11) is 0. The van der Waals surface area contributed by atoms with Gasteiger partial charge in [0.25, 0.3) is 0 Å². The summed E-state index contributed by atoms with van der Waals surface area (Å²) in [6, 6.07) is 14.7. The highest BCUT2D eigenvalue weighted by molar-refractivity contribution is 5.99. The Bertz CT molecular complexity index is 544. The van der Waals surface area contributed by atoms with E-state index in [9.17, 15) is 0 Å². The topological polar surface area (TPSA) is 28.3 Å². The Hall–Kier alpha value is -2.16. The number of rotatable bonds is 3. The monoisotopic (exact) mass is 238 g/mol. The van der Waals surface area contributed by atoms with Gasteiger partial charge < -0.3 is 5.32 Å². The lowest BCUT2D eigenvalue weighted by Crippen LogP contribution is -2.33. The third-order valence-electron chi connectivity index (χ3n) is 3.05. The molecule has 0 amide bonds. The quantitative estimate of drug-likeness (QED) is 0.804. The fourth-order valence-electron chi connectivity index (χ4n) is 2.11. The molecule has 0 spiro atoms. The third-order valence-corrected chi connectivity index (χ3v) is 3.05. The molecule has 18 heavy (non-hydrogen) atoms. The number of aromatic nitrogens is 1. The molecular weight excluding hydrogens is 222 g/mol. The molecule has 0 atom stereocenters. The predicted octanol–water partition coefficient (Wildman–Crippen LogP) is 1.37. The molecule has 3 nitrogen and oxygen atoms in total. The van der Waals surface area contributed by atoms with Crippen LogP contribution in [0.15, 0.2) is 59.9 Å². The maximum absolute atomic E-state index is 4.42. The first-order chi connectivity index (χ1) is 8.92. The molecule has 1 aliphatic heterocycles. The van der Waals surface area contributed by atoms with Crippen molar-refractivity contribution in [2.75, 3.05) is 13.1 Å². The van der Waals surface area contributed by atoms with Gasteiger partial charge in [-0.15, -0.1) is 0 Å². The second-order valence-electron chi connectivity index (χ2n) is 4.40. The summed E-state index contributed by atoms with van der Waals surface area (Å²) in [4.78, 5) is 4.42. The van der Waals surface area contributed by atoms with Crippen molar-refractivity contribution >= 4 is 5.84 Å². The minimum absolute atomic E-state index is 0.883. The van der Waals surface area contributed by atoms with E-state index in [1.807, 2.05) is 6.07 Å².